The molecule has 0 amide bonds. The second-order valence-electron chi connectivity index (χ2n) is 7.12. The molecular formula is C21H21NOSi. The number of fused-ring (bicyclic) bond motifs is 1. The average molecular weight is 331 g/mol. The number of aryl methyl sites for hydroxylation is 1. The quantitative estimate of drug-likeness (QED) is 0.474. The largest absolute Gasteiger partial charge is 0.277 e. The van der Waals surface area contributed by atoms with Gasteiger partial charge in [0.1, 0.15) is 8.07 Å². The summed E-state index contributed by atoms with van der Waals surface area (Å²) in [7, 11) is -1.43. The third kappa shape index (κ3) is 3.50. The molecule has 0 N–H and O–H groups in total. The van der Waals surface area contributed by atoms with E-state index < -0.39 is 8.07 Å². The Balaban J connectivity index is 2.24. The molecule has 0 saturated carbocycles. The van der Waals surface area contributed by atoms with E-state index in [2.05, 4.69) is 31.1 Å². The molecule has 24 heavy (non-hydrogen) atoms. The Morgan fingerprint density at radius 2 is 1.58 bits per heavy atom. The van der Waals surface area contributed by atoms with Gasteiger partial charge in [-0.3, -0.25) is 9.36 Å². The summed E-state index contributed by atoms with van der Waals surface area (Å²) in [5.41, 5.74) is 7.27. The predicted molar refractivity (Wildman–Crippen MR) is 105 cm³/mol. The Morgan fingerprint density at radius 1 is 0.917 bits per heavy atom. The molecule has 3 aromatic rings. The molecule has 2 aromatic carbocycles. The molecule has 0 bridgehead atoms. The van der Waals surface area contributed by atoms with Crippen LogP contribution in [0.4, 0.5) is 0 Å². The van der Waals surface area contributed by atoms with E-state index in [4.69, 9.17) is 0 Å². The minimum atomic E-state index is -1.43. The monoisotopic (exact) mass is 331 g/mol. The third-order valence-corrected chi connectivity index (χ3v) is 4.65. The van der Waals surface area contributed by atoms with Crippen molar-refractivity contribution in [2.24, 2.45) is 0 Å². The maximum atomic E-state index is 12.5. The van der Waals surface area contributed by atoms with Gasteiger partial charge in [-0.2, -0.15) is 0 Å². The Hall–Kier alpha value is -2.57. The highest BCUT2D eigenvalue weighted by Crippen LogP contribution is 2.18. The Morgan fingerprint density at radius 3 is 2.25 bits per heavy atom. The van der Waals surface area contributed by atoms with Crippen molar-refractivity contribution in [3.05, 3.63) is 76.1 Å². The number of rotatable bonds is 1. The Kier molecular flexibility index (Phi) is 4.17. The Bertz CT molecular complexity index is 1010. The van der Waals surface area contributed by atoms with E-state index in [0.29, 0.717) is 0 Å². The van der Waals surface area contributed by atoms with Crippen LogP contribution in [0.5, 0.6) is 0 Å². The van der Waals surface area contributed by atoms with Crippen molar-refractivity contribution < 1.29 is 0 Å². The van der Waals surface area contributed by atoms with Crippen LogP contribution in [0.1, 0.15) is 11.1 Å². The number of pyridine rings is 1. The summed E-state index contributed by atoms with van der Waals surface area (Å²) in [5.74, 6) is 3.28. The maximum absolute atomic E-state index is 12.5. The first kappa shape index (κ1) is 16.3. The van der Waals surface area contributed by atoms with Crippen molar-refractivity contribution in [3.63, 3.8) is 0 Å². The normalized spacial score (nSPS) is 11.2. The van der Waals surface area contributed by atoms with Gasteiger partial charge in [0.25, 0.3) is 5.56 Å². The van der Waals surface area contributed by atoms with Crippen molar-refractivity contribution in [2.75, 3.05) is 0 Å². The topological polar surface area (TPSA) is 22.0 Å². The van der Waals surface area contributed by atoms with Crippen LogP contribution in [0.2, 0.25) is 19.6 Å². The van der Waals surface area contributed by atoms with E-state index in [1.807, 2.05) is 55.5 Å². The molecule has 0 aliphatic rings. The zero-order chi connectivity index (χ0) is 17.3. The summed E-state index contributed by atoms with van der Waals surface area (Å²) in [6, 6.07) is 17.6. The van der Waals surface area contributed by atoms with Gasteiger partial charge in [0.2, 0.25) is 0 Å². The minimum absolute atomic E-state index is 0.0262. The fraction of sp³-hybridized carbons (Fsp3) is 0.190. The molecule has 0 radical (unpaired) electrons. The highest BCUT2D eigenvalue weighted by atomic mass is 28.3. The van der Waals surface area contributed by atoms with E-state index in [0.717, 1.165) is 22.2 Å². The molecular weight excluding hydrogens is 310 g/mol. The smallest absolute Gasteiger partial charge is 0.255 e. The molecule has 0 fully saturated rings. The molecule has 0 unspecified atom stereocenters. The van der Waals surface area contributed by atoms with Crippen LogP contribution < -0.4 is 5.56 Å². The van der Waals surface area contributed by atoms with E-state index in [1.54, 1.807) is 10.6 Å². The molecule has 3 rings (SSSR count). The second-order valence-corrected chi connectivity index (χ2v) is 11.9. The van der Waals surface area contributed by atoms with Crippen LogP contribution in [-0.2, 0) is 0 Å². The number of hydrogen-bond donors (Lipinski definition) is 0. The minimum Gasteiger partial charge on any atom is -0.277 e. The van der Waals surface area contributed by atoms with Gasteiger partial charge in [-0.25, -0.2) is 0 Å². The van der Waals surface area contributed by atoms with Crippen molar-refractivity contribution in [2.45, 2.75) is 26.6 Å². The molecule has 0 saturated heterocycles. The van der Waals surface area contributed by atoms with Crippen LogP contribution in [0, 0.1) is 18.4 Å². The van der Waals surface area contributed by atoms with E-state index in [9.17, 15) is 4.79 Å². The lowest BCUT2D eigenvalue weighted by molar-refractivity contribution is 1.04. The van der Waals surface area contributed by atoms with Gasteiger partial charge in [-0.05, 0) is 42.6 Å². The molecule has 3 heteroatoms. The van der Waals surface area contributed by atoms with E-state index in [1.165, 1.54) is 5.56 Å². The number of benzene rings is 2. The summed E-state index contributed by atoms with van der Waals surface area (Å²) in [5, 5.41) is 1.04. The van der Waals surface area contributed by atoms with Crippen molar-refractivity contribution in [1.82, 2.24) is 4.57 Å². The lowest BCUT2D eigenvalue weighted by Gasteiger charge is -2.11. The molecule has 1 heterocycles. The van der Waals surface area contributed by atoms with Crippen LogP contribution in [0.3, 0.4) is 0 Å². The standard InChI is InChI=1S/C21H21NOSi/c1-16-5-10-19(11-6-16)22-20-15-17(13-14-24(2,3)4)7-8-18(20)9-12-21(22)23/h5-12,15H,1-4H3. The van der Waals surface area contributed by atoms with Crippen LogP contribution >= 0.6 is 0 Å². The zero-order valence-corrected chi connectivity index (χ0v) is 15.6. The summed E-state index contributed by atoms with van der Waals surface area (Å²) >= 11 is 0. The number of aromatic nitrogens is 1. The SMILES string of the molecule is Cc1ccc(-n2c(=O)ccc3ccc(C#C[Si](C)(C)C)cc32)cc1. The van der Waals surface area contributed by atoms with Crippen LogP contribution in [0.25, 0.3) is 16.6 Å². The fourth-order valence-electron chi connectivity index (χ4n) is 2.53. The first-order valence-corrected chi connectivity index (χ1v) is 11.6. The van der Waals surface area contributed by atoms with Gasteiger partial charge >= 0.3 is 0 Å². The number of hydrogen-bond acceptors (Lipinski definition) is 1. The van der Waals surface area contributed by atoms with Crippen molar-refractivity contribution >= 4 is 19.0 Å². The highest BCUT2D eigenvalue weighted by Gasteiger charge is 2.09. The Labute approximate surface area is 143 Å². The molecule has 2 nitrogen and oxygen atoms in total. The van der Waals surface area contributed by atoms with Crippen LogP contribution in [-0.4, -0.2) is 12.6 Å². The summed E-state index contributed by atoms with van der Waals surface area (Å²) in [4.78, 5) is 12.5. The first-order chi connectivity index (χ1) is 11.3. The van der Waals surface area contributed by atoms with Gasteiger partial charge in [-0.1, -0.05) is 49.3 Å². The lowest BCUT2D eigenvalue weighted by atomic mass is 10.1. The van der Waals surface area contributed by atoms with E-state index in [-0.39, 0.29) is 5.56 Å². The average Bonchev–Trinajstić information content (AvgIpc) is 2.53. The zero-order valence-electron chi connectivity index (χ0n) is 14.6. The number of nitrogens with zero attached hydrogens (tertiary/aromatic N) is 1. The third-order valence-electron chi connectivity index (χ3n) is 3.77. The highest BCUT2D eigenvalue weighted by molar-refractivity contribution is 6.83. The predicted octanol–water partition coefficient (Wildman–Crippen LogP) is 4.53. The van der Waals surface area contributed by atoms with Crippen molar-refractivity contribution in [1.29, 1.82) is 0 Å². The van der Waals surface area contributed by atoms with Gasteiger partial charge in [0, 0.05) is 17.3 Å². The van der Waals surface area contributed by atoms with Crippen LogP contribution in [0.15, 0.2) is 59.4 Å². The summed E-state index contributed by atoms with van der Waals surface area (Å²) in [6.07, 6.45) is 0. The summed E-state index contributed by atoms with van der Waals surface area (Å²) < 4.78 is 1.76. The van der Waals surface area contributed by atoms with Gasteiger partial charge in [0.05, 0.1) is 5.52 Å². The molecule has 1 aromatic heterocycles. The molecule has 0 aliphatic heterocycles. The van der Waals surface area contributed by atoms with E-state index >= 15 is 0 Å². The molecule has 0 atom stereocenters. The molecule has 0 spiro atoms. The van der Waals surface area contributed by atoms with Crippen molar-refractivity contribution in [3.8, 4) is 17.2 Å². The summed E-state index contributed by atoms with van der Waals surface area (Å²) in [6.45, 7) is 8.72. The molecule has 120 valence electrons. The second kappa shape index (κ2) is 6.14. The van der Waals surface area contributed by atoms with Gasteiger partial charge < -0.3 is 0 Å². The molecule has 0 aliphatic carbocycles. The first-order valence-electron chi connectivity index (χ1n) is 8.10. The van der Waals surface area contributed by atoms with Gasteiger partial charge in [0.15, 0.2) is 0 Å². The lowest BCUT2D eigenvalue weighted by Crippen LogP contribution is -2.17. The fourth-order valence-corrected chi connectivity index (χ4v) is 3.05. The maximum Gasteiger partial charge on any atom is 0.255 e. The van der Waals surface area contributed by atoms with Gasteiger partial charge in [-0.15, -0.1) is 5.54 Å².